The van der Waals surface area contributed by atoms with Crippen LogP contribution in [0, 0.1) is 17.8 Å². The van der Waals surface area contributed by atoms with Gasteiger partial charge in [0.1, 0.15) is 5.54 Å². The van der Waals surface area contributed by atoms with Crippen LogP contribution in [0.5, 0.6) is 0 Å². The van der Waals surface area contributed by atoms with E-state index in [2.05, 4.69) is 83.9 Å². The van der Waals surface area contributed by atoms with Gasteiger partial charge in [-0.1, -0.05) is 78.6 Å². The molecular formula is C24H21N. The maximum absolute atomic E-state index is 3.77. The van der Waals surface area contributed by atoms with Crippen molar-refractivity contribution in [1.29, 1.82) is 0 Å². The highest BCUT2D eigenvalue weighted by Crippen LogP contribution is 2.47. The number of rotatable bonds is 4. The Kier molecular flexibility index (Phi) is 4.27. The molecule has 1 nitrogen and oxygen atoms in total. The Hall–Kier alpha value is -2.98. The molecule has 1 fully saturated rings. The minimum atomic E-state index is -0.349. The van der Waals surface area contributed by atoms with Crippen LogP contribution in [0.4, 0.5) is 5.69 Å². The smallest absolute Gasteiger partial charge is 0.128 e. The first-order valence-corrected chi connectivity index (χ1v) is 8.84. The summed E-state index contributed by atoms with van der Waals surface area (Å²) in [5, 5.41) is 3.77. The Labute approximate surface area is 149 Å². The van der Waals surface area contributed by atoms with Crippen LogP contribution in [-0.2, 0) is 5.54 Å². The largest absolute Gasteiger partial charge is 0.365 e. The summed E-state index contributed by atoms with van der Waals surface area (Å²) in [5.74, 6) is 7.56. The second kappa shape index (κ2) is 6.87. The van der Waals surface area contributed by atoms with E-state index >= 15 is 0 Å². The van der Waals surface area contributed by atoms with E-state index in [1.807, 2.05) is 24.3 Å². The van der Waals surface area contributed by atoms with E-state index in [1.54, 1.807) is 0 Å². The fourth-order valence-electron chi connectivity index (χ4n) is 3.27. The van der Waals surface area contributed by atoms with Crippen LogP contribution in [0.3, 0.4) is 0 Å². The normalized spacial score (nSPS) is 15.5. The van der Waals surface area contributed by atoms with Gasteiger partial charge < -0.3 is 5.32 Å². The number of nitrogens with one attached hydrogen (secondary N) is 1. The molecule has 0 aromatic heterocycles. The lowest BCUT2D eigenvalue weighted by molar-refractivity contribution is 0.552. The lowest BCUT2D eigenvalue weighted by Crippen LogP contribution is -2.36. The van der Waals surface area contributed by atoms with E-state index in [0.29, 0.717) is 5.92 Å². The van der Waals surface area contributed by atoms with Crippen LogP contribution in [0.15, 0.2) is 91.0 Å². The topological polar surface area (TPSA) is 12.0 Å². The Morgan fingerprint density at radius 1 is 0.720 bits per heavy atom. The number of benzene rings is 3. The predicted octanol–water partition coefficient (Wildman–Crippen LogP) is 5.46. The highest BCUT2D eigenvalue weighted by atomic mass is 15.0. The molecule has 1 atom stereocenters. The molecule has 1 heteroatoms. The molecule has 0 heterocycles. The molecular weight excluding hydrogens is 302 g/mol. The quantitative estimate of drug-likeness (QED) is 0.629. The van der Waals surface area contributed by atoms with Crippen molar-refractivity contribution in [1.82, 2.24) is 0 Å². The summed E-state index contributed by atoms with van der Waals surface area (Å²) >= 11 is 0. The fourth-order valence-corrected chi connectivity index (χ4v) is 3.27. The van der Waals surface area contributed by atoms with Gasteiger partial charge in [0.05, 0.1) is 0 Å². The van der Waals surface area contributed by atoms with Gasteiger partial charge in [-0.05, 0) is 48.6 Å². The van der Waals surface area contributed by atoms with Crippen molar-refractivity contribution >= 4 is 5.69 Å². The summed E-state index contributed by atoms with van der Waals surface area (Å²) in [4.78, 5) is 0. The van der Waals surface area contributed by atoms with Crippen LogP contribution in [0.25, 0.3) is 0 Å². The number of anilines is 1. The highest BCUT2D eigenvalue weighted by Gasteiger charge is 2.45. The first-order chi connectivity index (χ1) is 12.4. The molecule has 122 valence electrons. The molecule has 1 aliphatic rings. The van der Waals surface area contributed by atoms with Gasteiger partial charge >= 0.3 is 0 Å². The first kappa shape index (κ1) is 15.5. The molecule has 1 saturated carbocycles. The highest BCUT2D eigenvalue weighted by molar-refractivity contribution is 5.55. The van der Waals surface area contributed by atoms with Crippen molar-refractivity contribution in [2.75, 3.05) is 5.32 Å². The maximum Gasteiger partial charge on any atom is 0.128 e. The van der Waals surface area contributed by atoms with E-state index in [0.717, 1.165) is 11.3 Å². The lowest BCUT2D eigenvalue weighted by Gasteiger charge is -2.32. The predicted molar refractivity (Wildman–Crippen MR) is 104 cm³/mol. The summed E-state index contributed by atoms with van der Waals surface area (Å²) in [6, 6.07) is 31.3. The fraction of sp³-hybridized carbons (Fsp3) is 0.167. The van der Waals surface area contributed by atoms with E-state index in [1.165, 1.54) is 18.4 Å². The minimum Gasteiger partial charge on any atom is -0.365 e. The minimum absolute atomic E-state index is 0.349. The van der Waals surface area contributed by atoms with Crippen LogP contribution in [-0.4, -0.2) is 0 Å². The molecule has 1 N–H and O–H groups in total. The number of para-hydroxylation sites is 1. The summed E-state index contributed by atoms with van der Waals surface area (Å²) in [6.07, 6.45) is 2.41. The Bertz CT molecular complexity index is 871. The average molecular weight is 323 g/mol. The van der Waals surface area contributed by atoms with Crippen LogP contribution >= 0.6 is 0 Å². The summed E-state index contributed by atoms with van der Waals surface area (Å²) in [7, 11) is 0. The third kappa shape index (κ3) is 3.44. The Morgan fingerprint density at radius 3 is 1.88 bits per heavy atom. The van der Waals surface area contributed by atoms with Gasteiger partial charge in [0.15, 0.2) is 0 Å². The van der Waals surface area contributed by atoms with Gasteiger partial charge in [0, 0.05) is 11.3 Å². The molecule has 0 saturated heterocycles. The third-order valence-corrected chi connectivity index (χ3v) is 4.71. The molecule has 3 aromatic rings. The average Bonchev–Trinajstić information content (AvgIpc) is 3.53. The van der Waals surface area contributed by atoms with E-state index in [4.69, 9.17) is 0 Å². The third-order valence-electron chi connectivity index (χ3n) is 4.71. The van der Waals surface area contributed by atoms with Crippen molar-refractivity contribution < 1.29 is 0 Å². The molecule has 0 radical (unpaired) electrons. The van der Waals surface area contributed by atoms with E-state index < -0.39 is 0 Å². The molecule has 4 rings (SSSR count). The van der Waals surface area contributed by atoms with E-state index in [-0.39, 0.29) is 5.54 Å². The van der Waals surface area contributed by atoms with Gasteiger partial charge in [-0.2, -0.15) is 0 Å². The Morgan fingerprint density at radius 2 is 1.28 bits per heavy atom. The molecule has 25 heavy (non-hydrogen) atoms. The van der Waals surface area contributed by atoms with Crippen LogP contribution in [0.1, 0.15) is 24.0 Å². The molecule has 0 aliphatic heterocycles. The molecule has 3 aromatic carbocycles. The maximum atomic E-state index is 3.77. The van der Waals surface area contributed by atoms with Gasteiger partial charge in [-0.25, -0.2) is 0 Å². The standard InChI is InChI=1S/C24H21N/c1-4-10-20(11-5-1)18-19-24(22-16-17-22,21-12-6-2-7-13-21)25-23-14-8-3-9-15-23/h1-15,22,25H,16-17H2. The molecule has 0 bridgehead atoms. The monoisotopic (exact) mass is 323 g/mol. The second-order valence-electron chi connectivity index (χ2n) is 6.56. The first-order valence-electron chi connectivity index (χ1n) is 8.84. The van der Waals surface area contributed by atoms with Crippen molar-refractivity contribution in [2.24, 2.45) is 5.92 Å². The lowest BCUT2D eigenvalue weighted by atomic mass is 9.84. The summed E-state index contributed by atoms with van der Waals surface area (Å²) in [5.41, 5.74) is 3.06. The molecule has 1 unspecified atom stereocenters. The van der Waals surface area contributed by atoms with E-state index in [9.17, 15) is 0 Å². The van der Waals surface area contributed by atoms with Crippen LogP contribution in [0.2, 0.25) is 0 Å². The number of hydrogen-bond donors (Lipinski definition) is 1. The number of hydrogen-bond acceptors (Lipinski definition) is 1. The molecule has 0 spiro atoms. The summed E-state index contributed by atoms with van der Waals surface area (Å²) < 4.78 is 0. The molecule has 1 aliphatic carbocycles. The zero-order chi connectivity index (χ0) is 17.0. The second-order valence-corrected chi connectivity index (χ2v) is 6.56. The van der Waals surface area contributed by atoms with Gasteiger partial charge in [-0.3, -0.25) is 0 Å². The summed E-state index contributed by atoms with van der Waals surface area (Å²) in [6.45, 7) is 0. The Balaban J connectivity index is 1.80. The van der Waals surface area contributed by atoms with Crippen molar-refractivity contribution in [3.63, 3.8) is 0 Å². The van der Waals surface area contributed by atoms with Crippen molar-refractivity contribution in [3.05, 3.63) is 102 Å². The molecule has 0 amide bonds. The van der Waals surface area contributed by atoms with Crippen LogP contribution < -0.4 is 5.32 Å². The van der Waals surface area contributed by atoms with Crippen molar-refractivity contribution in [3.8, 4) is 11.8 Å². The van der Waals surface area contributed by atoms with Gasteiger partial charge in [0.2, 0.25) is 0 Å². The van der Waals surface area contributed by atoms with Gasteiger partial charge in [-0.15, -0.1) is 0 Å². The zero-order valence-corrected chi connectivity index (χ0v) is 14.2. The van der Waals surface area contributed by atoms with Crippen molar-refractivity contribution in [2.45, 2.75) is 18.4 Å². The zero-order valence-electron chi connectivity index (χ0n) is 14.2. The van der Waals surface area contributed by atoms with Gasteiger partial charge in [0.25, 0.3) is 0 Å². The SMILES string of the molecule is C(#CC(Nc1ccccc1)(c1ccccc1)C1CC1)c1ccccc1.